The lowest BCUT2D eigenvalue weighted by Gasteiger charge is -2.43. The molecule has 1 aliphatic heterocycles. The van der Waals surface area contributed by atoms with Crippen LogP contribution in [0.5, 0.6) is 0 Å². The Hall–Kier alpha value is -0.900. The van der Waals surface area contributed by atoms with E-state index in [9.17, 15) is 0 Å². The van der Waals surface area contributed by atoms with Crippen LogP contribution in [0.15, 0.2) is 24.3 Å². The van der Waals surface area contributed by atoms with Gasteiger partial charge in [0, 0.05) is 31.2 Å². The largest absolute Gasteiger partial charge is 0.323 e. The SMILES string of the molecule is CCC1CN(C)CCCN1C1CCc2ccccc2C1N. The third-order valence-electron chi connectivity index (χ3n) is 5.38. The Labute approximate surface area is 129 Å². The summed E-state index contributed by atoms with van der Waals surface area (Å²) in [5, 5.41) is 0. The summed E-state index contributed by atoms with van der Waals surface area (Å²) in [6, 6.07) is 10.1. The Balaban J connectivity index is 1.83. The van der Waals surface area contributed by atoms with Gasteiger partial charge in [0.1, 0.15) is 0 Å². The molecule has 2 N–H and O–H groups in total. The van der Waals surface area contributed by atoms with E-state index in [1.165, 1.54) is 56.4 Å². The molecule has 0 spiro atoms. The van der Waals surface area contributed by atoms with Crippen molar-refractivity contribution in [3.05, 3.63) is 35.4 Å². The zero-order chi connectivity index (χ0) is 14.8. The standard InChI is InChI=1S/C18H29N3/c1-3-15-13-20(2)11-6-12-21(15)17-10-9-14-7-4-5-8-16(14)18(17)19/h4-5,7-8,15,17-18H,3,6,9-13,19H2,1-2H3. The first-order valence-electron chi connectivity index (χ1n) is 8.48. The maximum atomic E-state index is 6.67. The van der Waals surface area contributed by atoms with E-state index in [2.05, 4.69) is 48.0 Å². The topological polar surface area (TPSA) is 32.5 Å². The fourth-order valence-corrected chi connectivity index (χ4v) is 4.21. The van der Waals surface area contributed by atoms with E-state index < -0.39 is 0 Å². The lowest BCUT2D eigenvalue weighted by Crippen LogP contribution is -2.51. The molecule has 1 aliphatic carbocycles. The zero-order valence-corrected chi connectivity index (χ0v) is 13.5. The molecule has 3 heteroatoms. The summed E-state index contributed by atoms with van der Waals surface area (Å²) >= 11 is 0. The fourth-order valence-electron chi connectivity index (χ4n) is 4.21. The molecule has 0 amide bonds. The van der Waals surface area contributed by atoms with E-state index in [0.717, 1.165) is 0 Å². The van der Waals surface area contributed by atoms with Gasteiger partial charge in [-0.3, -0.25) is 4.90 Å². The van der Waals surface area contributed by atoms with Gasteiger partial charge in [0.15, 0.2) is 0 Å². The highest BCUT2D eigenvalue weighted by molar-refractivity contribution is 5.33. The molecule has 0 radical (unpaired) electrons. The molecule has 116 valence electrons. The smallest absolute Gasteiger partial charge is 0.0456 e. The molecule has 2 aliphatic rings. The Bertz CT molecular complexity index is 473. The van der Waals surface area contributed by atoms with Crippen molar-refractivity contribution in [2.75, 3.05) is 26.7 Å². The molecule has 1 saturated heterocycles. The summed E-state index contributed by atoms with van der Waals surface area (Å²) in [5.41, 5.74) is 9.50. The van der Waals surface area contributed by atoms with Crippen LogP contribution in [0.3, 0.4) is 0 Å². The van der Waals surface area contributed by atoms with Crippen molar-refractivity contribution in [2.45, 2.75) is 50.7 Å². The molecule has 1 fully saturated rings. The number of aryl methyl sites for hydroxylation is 1. The highest BCUT2D eigenvalue weighted by atomic mass is 15.3. The number of hydrogen-bond donors (Lipinski definition) is 1. The first-order chi connectivity index (χ1) is 10.2. The van der Waals surface area contributed by atoms with Crippen molar-refractivity contribution in [1.29, 1.82) is 0 Å². The average Bonchev–Trinajstić information content (AvgIpc) is 2.69. The highest BCUT2D eigenvalue weighted by Crippen LogP contribution is 2.33. The van der Waals surface area contributed by atoms with Gasteiger partial charge in [-0.15, -0.1) is 0 Å². The molecule has 0 saturated carbocycles. The van der Waals surface area contributed by atoms with Gasteiger partial charge < -0.3 is 10.6 Å². The number of likely N-dealkylation sites (N-methyl/N-ethyl adjacent to an activating group) is 1. The average molecular weight is 287 g/mol. The van der Waals surface area contributed by atoms with Crippen molar-refractivity contribution in [3.8, 4) is 0 Å². The molecule has 3 unspecified atom stereocenters. The van der Waals surface area contributed by atoms with E-state index in [-0.39, 0.29) is 6.04 Å². The lowest BCUT2D eigenvalue weighted by molar-refractivity contribution is 0.0993. The summed E-state index contributed by atoms with van der Waals surface area (Å²) in [7, 11) is 2.25. The monoisotopic (exact) mass is 287 g/mol. The molecular formula is C18H29N3. The van der Waals surface area contributed by atoms with Gasteiger partial charge in [0.05, 0.1) is 0 Å². The Morgan fingerprint density at radius 1 is 1.24 bits per heavy atom. The molecule has 3 rings (SSSR count). The van der Waals surface area contributed by atoms with Crippen molar-refractivity contribution >= 4 is 0 Å². The molecule has 0 bridgehead atoms. The number of benzene rings is 1. The third kappa shape index (κ3) is 3.01. The minimum Gasteiger partial charge on any atom is -0.323 e. The molecule has 21 heavy (non-hydrogen) atoms. The molecule has 1 aromatic carbocycles. The van der Waals surface area contributed by atoms with Gasteiger partial charge in [-0.1, -0.05) is 31.2 Å². The second-order valence-corrected chi connectivity index (χ2v) is 6.75. The van der Waals surface area contributed by atoms with Gasteiger partial charge in [0.2, 0.25) is 0 Å². The third-order valence-corrected chi connectivity index (χ3v) is 5.38. The maximum absolute atomic E-state index is 6.67. The maximum Gasteiger partial charge on any atom is 0.0456 e. The van der Waals surface area contributed by atoms with E-state index in [1.807, 2.05) is 0 Å². The van der Waals surface area contributed by atoms with Crippen LogP contribution in [0, 0.1) is 0 Å². The summed E-state index contributed by atoms with van der Waals surface area (Å²) < 4.78 is 0. The number of hydrogen-bond acceptors (Lipinski definition) is 3. The van der Waals surface area contributed by atoms with Gasteiger partial charge in [0.25, 0.3) is 0 Å². The minimum absolute atomic E-state index is 0.174. The van der Waals surface area contributed by atoms with Crippen LogP contribution >= 0.6 is 0 Å². The zero-order valence-electron chi connectivity index (χ0n) is 13.5. The Kier molecular flexibility index (Phi) is 4.63. The number of fused-ring (bicyclic) bond motifs is 1. The van der Waals surface area contributed by atoms with Gasteiger partial charge in [-0.05, 0) is 50.4 Å². The van der Waals surface area contributed by atoms with Crippen LogP contribution in [-0.4, -0.2) is 48.6 Å². The van der Waals surface area contributed by atoms with Crippen molar-refractivity contribution in [1.82, 2.24) is 9.80 Å². The molecule has 3 nitrogen and oxygen atoms in total. The summed E-state index contributed by atoms with van der Waals surface area (Å²) in [6.45, 7) is 5.91. The summed E-state index contributed by atoms with van der Waals surface area (Å²) in [6.07, 6.45) is 4.86. The number of nitrogens with two attached hydrogens (primary N) is 1. The van der Waals surface area contributed by atoms with Gasteiger partial charge in [-0.2, -0.15) is 0 Å². The predicted molar refractivity (Wildman–Crippen MR) is 88.4 cm³/mol. The number of rotatable bonds is 2. The van der Waals surface area contributed by atoms with E-state index in [4.69, 9.17) is 5.73 Å². The van der Waals surface area contributed by atoms with E-state index >= 15 is 0 Å². The molecule has 1 heterocycles. The Morgan fingerprint density at radius 2 is 2.05 bits per heavy atom. The van der Waals surface area contributed by atoms with Crippen LogP contribution in [-0.2, 0) is 6.42 Å². The normalized spacial score (nSPS) is 31.7. The predicted octanol–water partition coefficient (Wildman–Crippen LogP) is 2.42. The minimum atomic E-state index is 0.174. The Morgan fingerprint density at radius 3 is 2.86 bits per heavy atom. The van der Waals surface area contributed by atoms with Crippen molar-refractivity contribution in [3.63, 3.8) is 0 Å². The second kappa shape index (κ2) is 6.47. The van der Waals surface area contributed by atoms with E-state index in [0.29, 0.717) is 12.1 Å². The van der Waals surface area contributed by atoms with Crippen molar-refractivity contribution in [2.24, 2.45) is 5.73 Å². The van der Waals surface area contributed by atoms with Crippen LogP contribution < -0.4 is 5.73 Å². The summed E-state index contributed by atoms with van der Waals surface area (Å²) in [5.74, 6) is 0. The van der Waals surface area contributed by atoms with Crippen molar-refractivity contribution < 1.29 is 0 Å². The fraction of sp³-hybridized carbons (Fsp3) is 0.667. The highest BCUT2D eigenvalue weighted by Gasteiger charge is 2.35. The molecule has 0 aromatic heterocycles. The first-order valence-corrected chi connectivity index (χ1v) is 8.48. The first kappa shape index (κ1) is 15.0. The van der Waals surface area contributed by atoms with E-state index in [1.54, 1.807) is 0 Å². The van der Waals surface area contributed by atoms with Crippen LogP contribution in [0.25, 0.3) is 0 Å². The molecule has 1 aromatic rings. The van der Waals surface area contributed by atoms with Crippen LogP contribution in [0.1, 0.15) is 43.4 Å². The summed E-state index contributed by atoms with van der Waals surface area (Å²) in [4.78, 5) is 5.21. The van der Waals surface area contributed by atoms with Crippen LogP contribution in [0.4, 0.5) is 0 Å². The lowest BCUT2D eigenvalue weighted by atomic mass is 9.83. The second-order valence-electron chi connectivity index (χ2n) is 6.75. The molecular weight excluding hydrogens is 258 g/mol. The van der Waals surface area contributed by atoms with Gasteiger partial charge in [-0.25, -0.2) is 0 Å². The number of nitrogens with zero attached hydrogens (tertiary/aromatic N) is 2. The molecule has 3 atom stereocenters. The quantitative estimate of drug-likeness (QED) is 0.906. The van der Waals surface area contributed by atoms with Gasteiger partial charge >= 0.3 is 0 Å². The van der Waals surface area contributed by atoms with Crippen LogP contribution in [0.2, 0.25) is 0 Å².